The molecule has 0 bridgehead atoms. The summed E-state index contributed by atoms with van der Waals surface area (Å²) in [4.78, 5) is 9.89. The van der Waals surface area contributed by atoms with Crippen LogP contribution in [0.15, 0.2) is 6.33 Å². The number of aliphatic hydroxyl groups is 2. The summed E-state index contributed by atoms with van der Waals surface area (Å²) in [5.74, 6) is 1.08. The summed E-state index contributed by atoms with van der Waals surface area (Å²) in [6, 6.07) is 0. The Morgan fingerprint density at radius 1 is 1.33 bits per heavy atom. The molecule has 18 heavy (non-hydrogen) atoms. The van der Waals surface area contributed by atoms with E-state index in [2.05, 4.69) is 15.1 Å². The Balaban J connectivity index is 2.58. The van der Waals surface area contributed by atoms with Crippen LogP contribution in [-0.4, -0.2) is 56.1 Å². The predicted octanol–water partition coefficient (Wildman–Crippen LogP) is -0.123. The molecule has 0 aliphatic rings. The first-order valence-electron chi connectivity index (χ1n) is 5.51. The quantitative estimate of drug-likeness (QED) is 0.737. The van der Waals surface area contributed by atoms with Crippen molar-refractivity contribution < 1.29 is 10.2 Å². The van der Waals surface area contributed by atoms with Crippen molar-refractivity contribution in [1.82, 2.24) is 19.6 Å². The number of anilines is 1. The fourth-order valence-corrected chi connectivity index (χ4v) is 1.98. The summed E-state index contributed by atoms with van der Waals surface area (Å²) in [5.41, 5.74) is 0.733. The minimum Gasteiger partial charge on any atom is -0.395 e. The molecule has 2 heterocycles. The molecule has 2 rings (SSSR count). The number of nitrogens with zero attached hydrogens (tertiary/aromatic N) is 5. The lowest BCUT2D eigenvalue weighted by Crippen LogP contribution is -2.32. The molecule has 0 fully saturated rings. The van der Waals surface area contributed by atoms with Crippen molar-refractivity contribution in [2.24, 2.45) is 0 Å². The first-order chi connectivity index (χ1) is 8.69. The summed E-state index contributed by atoms with van der Waals surface area (Å²) in [6.07, 6.45) is 1.39. The van der Waals surface area contributed by atoms with Crippen LogP contribution in [0.4, 0.5) is 5.82 Å². The fourth-order valence-electron chi connectivity index (χ4n) is 1.82. The highest BCUT2D eigenvalue weighted by molar-refractivity contribution is 6.30. The maximum atomic E-state index is 9.09. The van der Waals surface area contributed by atoms with Gasteiger partial charge in [-0.2, -0.15) is 19.6 Å². The Hall–Kier alpha value is -1.44. The van der Waals surface area contributed by atoms with E-state index in [1.165, 1.54) is 6.33 Å². The van der Waals surface area contributed by atoms with Gasteiger partial charge in [0.1, 0.15) is 17.3 Å². The minimum absolute atomic E-state index is 0.0322. The van der Waals surface area contributed by atoms with Gasteiger partial charge in [0, 0.05) is 18.7 Å². The number of hydrogen-bond donors (Lipinski definition) is 2. The van der Waals surface area contributed by atoms with Crippen LogP contribution in [0.2, 0.25) is 5.15 Å². The van der Waals surface area contributed by atoms with Gasteiger partial charge in [-0.3, -0.25) is 0 Å². The number of aliphatic hydroxyl groups excluding tert-OH is 2. The lowest BCUT2D eigenvalue weighted by molar-refractivity contribution is 0.280. The molecule has 0 saturated carbocycles. The molecule has 0 radical (unpaired) electrons. The van der Waals surface area contributed by atoms with Crippen molar-refractivity contribution in [3.63, 3.8) is 0 Å². The fraction of sp³-hybridized carbons (Fsp3) is 0.500. The molecule has 0 atom stereocenters. The number of fused-ring (bicyclic) bond motifs is 1. The van der Waals surface area contributed by atoms with Gasteiger partial charge in [0.2, 0.25) is 0 Å². The number of rotatable bonds is 5. The van der Waals surface area contributed by atoms with Crippen LogP contribution < -0.4 is 4.90 Å². The van der Waals surface area contributed by atoms with Gasteiger partial charge in [-0.1, -0.05) is 11.6 Å². The second kappa shape index (κ2) is 5.47. The van der Waals surface area contributed by atoms with Crippen molar-refractivity contribution >= 4 is 23.2 Å². The van der Waals surface area contributed by atoms with Gasteiger partial charge in [-0.25, -0.2) is 0 Å². The highest BCUT2D eigenvalue weighted by Crippen LogP contribution is 2.25. The molecule has 0 saturated heterocycles. The molecule has 0 unspecified atom stereocenters. The van der Waals surface area contributed by atoms with E-state index in [4.69, 9.17) is 21.8 Å². The highest BCUT2D eigenvalue weighted by atomic mass is 35.5. The van der Waals surface area contributed by atoms with Gasteiger partial charge in [0.05, 0.1) is 13.2 Å². The molecule has 0 aliphatic carbocycles. The molecule has 8 heteroatoms. The van der Waals surface area contributed by atoms with Gasteiger partial charge in [0.15, 0.2) is 0 Å². The van der Waals surface area contributed by atoms with Crippen LogP contribution in [-0.2, 0) is 0 Å². The van der Waals surface area contributed by atoms with E-state index >= 15 is 0 Å². The Kier molecular flexibility index (Phi) is 3.95. The Morgan fingerprint density at radius 2 is 2.00 bits per heavy atom. The van der Waals surface area contributed by atoms with Gasteiger partial charge >= 0.3 is 0 Å². The largest absolute Gasteiger partial charge is 0.395 e. The summed E-state index contributed by atoms with van der Waals surface area (Å²) in [6.45, 7) is 2.49. The monoisotopic (exact) mass is 271 g/mol. The zero-order valence-electron chi connectivity index (χ0n) is 9.91. The minimum atomic E-state index is -0.0322. The van der Waals surface area contributed by atoms with Crippen LogP contribution in [0.5, 0.6) is 0 Å². The lowest BCUT2D eigenvalue weighted by Gasteiger charge is -2.25. The van der Waals surface area contributed by atoms with E-state index in [9.17, 15) is 0 Å². The standard InChI is InChI=1S/C10H14ClN5O2/c1-7-8(11)14-10-12-6-13-16(10)9(7)15(2-4-17)3-5-18/h6,17-18H,2-5H2,1H3. The molecule has 0 amide bonds. The molecule has 7 nitrogen and oxygen atoms in total. The first kappa shape index (κ1) is 13.0. The van der Waals surface area contributed by atoms with E-state index in [-0.39, 0.29) is 13.2 Å². The van der Waals surface area contributed by atoms with Crippen LogP contribution in [0.25, 0.3) is 5.78 Å². The lowest BCUT2D eigenvalue weighted by atomic mass is 10.3. The molecular formula is C10H14ClN5O2. The second-order valence-corrected chi connectivity index (χ2v) is 4.12. The van der Waals surface area contributed by atoms with E-state index in [1.807, 2.05) is 6.92 Å². The van der Waals surface area contributed by atoms with Crippen molar-refractivity contribution in [2.75, 3.05) is 31.2 Å². The summed E-state index contributed by atoms with van der Waals surface area (Å²) < 4.78 is 1.55. The number of halogens is 1. The molecule has 0 aromatic carbocycles. The normalized spacial score (nSPS) is 11.1. The van der Waals surface area contributed by atoms with E-state index < -0.39 is 0 Å². The van der Waals surface area contributed by atoms with Crippen LogP contribution in [0.3, 0.4) is 0 Å². The summed E-state index contributed by atoms with van der Waals surface area (Å²) in [5, 5.41) is 22.6. The maximum absolute atomic E-state index is 9.09. The topological polar surface area (TPSA) is 86.8 Å². The molecule has 2 N–H and O–H groups in total. The highest BCUT2D eigenvalue weighted by Gasteiger charge is 2.17. The zero-order chi connectivity index (χ0) is 13.1. The molecule has 0 aliphatic heterocycles. The summed E-state index contributed by atoms with van der Waals surface area (Å²) in [7, 11) is 0. The van der Waals surface area contributed by atoms with E-state index in [0.717, 1.165) is 5.56 Å². The third-order valence-electron chi connectivity index (χ3n) is 2.61. The molecular weight excluding hydrogens is 258 g/mol. The Morgan fingerprint density at radius 3 is 2.61 bits per heavy atom. The average Bonchev–Trinajstić information content (AvgIpc) is 2.78. The van der Waals surface area contributed by atoms with E-state index in [1.54, 1.807) is 9.42 Å². The van der Waals surface area contributed by atoms with Crippen LogP contribution in [0.1, 0.15) is 5.56 Å². The van der Waals surface area contributed by atoms with Gasteiger partial charge < -0.3 is 15.1 Å². The van der Waals surface area contributed by atoms with Crippen molar-refractivity contribution in [3.8, 4) is 0 Å². The number of aromatic nitrogens is 4. The second-order valence-electron chi connectivity index (χ2n) is 3.76. The Bertz CT molecular complexity index is 538. The smallest absolute Gasteiger partial charge is 0.255 e. The predicted molar refractivity (Wildman–Crippen MR) is 66.9 cm³/mol. The van der Waals surface area contributed by atoms with E-state index in [0.29, 0.717) is 29.8 Å². The number of hydrogen-bond acceptors (Lipinski definition) is 6. The third kappa shape index (κ3) is 2.24. The molecule has 2 aromatic rings. The van der Waals surface area contributed by atoms with Crippen LogP contribution in [0, 0.1) is 6.92 Å². The van der Waals surface area contributed by atoms with Crippen LogP contribution >= 0.6 is 11.6 Å². The van der Waals surface area contributed by atoms with Gasteiger partial charge in [0.25, 0.3) is 5.78 Å². The van der Waals surface area contributed by atoms with Gasteiger partial charge in [-0.05, 0) is 6.92 Å². The SMILES string of the molecule is Cc1c(Cl)nc2ncnn2c1N(CCO)CCO. The first-order valence-corrected chi connectivity index (χ1v) is 5.89. The van der Waals surface area contributed by atoms with Crippen molar-refractivity contribution in [1.29, 1.82) is 0 Å². The van der Waals surface area contributed by atoms with Crippen molar-refractivity contribution in [2.45, 2.75) is 6.92 Å². The van der Waals surface area contributed by atoms with Crippen molar-refractivity contribution in [3.05, 3.63) is 17.0 Å². The molecule has 0 spiro atoms. The summed E-state index contributed by atoms with van der Waals surface area (Å²) >= 11 is 6.05. The third-order valence-corrected chi connectivity index (χ3v) is 2.98. The van der Waals surface area contributed by atoms with Gasteiger partial charge in [-0.15, -0.1) is 0 Å². The zero-order valence-corrected chi connectivity index (χ0v) is 10.7. The Labute approximate surface area is 109 Å². The molecule has 98 valence electrons. The molecule has 2 aromatic heterocycles. The average molecular weight is 272 g/mol. The maximum Gasteiger partial charge on any atom is 0.255 e.